The van der Waals surface area contributed by atoms with E-state index in [4.69, 9.17) is 0 Å². The number of halogens is 1. The number of rotatable bonds is 4. The molecule has 0 saturated carbocycles. The van der Waals surface area contributed by atoms with Gasteiger partial charge < -0.3 is 9.47 Å². The second-order valence-electron chi connectivity index (χ2n) is 6.44. The largest absolute Gasteiger partial charge is 0.353 e. The Morgan fingerprint density at radius 1 is 1.33 bits per heavy atom. The summed E-state index contributed by atoms with van der Waals surface area (Å²) >= 11 is 5.21. The van der Waals surface area contributed by atoms with Gasteiger partial charge in [-0.3, -0.25) is 4.79 Å². The van der Waals surface area contributed by atoms with Crippen LogP contribution in [0.2, 0.25) is 0 Å². The van der Waals surface area contributed by atoms with Gasteiger partial charge >= 0.3 is 0 Å². The normalized spacial score (nSPS) is 17.5. The van der Waals surface area contributed by atoms with Gasteiger partial charge in [-0.2, -0.15) is 0 Å². The molecule has 1 amide bonds. The summed E-state index contributed by atoms with van der Waals surface area (Å²) < 4.78 is 3.25. The Kier molecular flexibility index (Phi) is 5.40. The second-order valence-corrected chi connectivity index (χ2v) is 8.32. The van der Waals surface area contributed by atoms with E-state index in [1.807, 2.05) is 0 Å². The fourth-order valence-electron chi connectivity index (χ4n) is 3.33. The SMILES string of the molecule is Cc1cc(SCC(=O)N2CCCC2c2cccn2C)c(C)cc1Br. The molecular weight excluding hydrogens is 384 g/mol. The highest BCUT2D eigenvalue weighted by Gasteiger charge is 2.31. The van der Waals surface area contributed by atoms with Crippen LogP contribution in [-0.2, 0) is 11.8 Å². The van der Waals surface area contributed by atoms with Gasteiger partial charge in [-0.05, 0) is 62.1 Å². The predicted octanol–water partition coefficient (Wildman–Crippen LogP) is 4.86. The fraction of sp³-hybridized carbons (Fsp3) is 0.421. The molecular formula is C19H23BrN2OS. The van der Waals surface area contributed by atoms with E-state index in [2.05, 4.69) is 76.8 Å². The highest BCUT2D eigenvalue weighted by atomic mass is 79.9. The quantitative estimate of drug-likeness (QED) is 0.677. The molecule has 128 valence electrons. The van der Waals surface area contributed by atoms with E-state index < -0.39 is 0 Å². The Labute approximate surface area is 156 Å². The number of hydrogen-bond acceptors (Lipinski definition) is 2. The van der Waals surface area contributed by atoms with Gasteiger partial charge in [-0.15, -0.1) is 11.8 Å². The average molecular weight is 407 g/mol. The summed E-state index contributed by atoms with van der Waals surface area (Å²) in [4.78, 5) is 16.0. The zero-order valence-electron chi connectivity index (χ0n) is 14.4. The number of amides is 1. The van der Waals surface area contributed by atoms with Crippen LogP contribution < -0.4 is 0 Å². The highest BCUT2D eigenvalue weighted by Crippen LogP contribution is 2.34. The van der Waals surface area contributed by atoms with Crippen LogP contribution in [0, 0.1) is 13.8 Å². The van der Waals surface area contributed by atoms with E-state index in [0.717, 1.165) is 23.9 Å². The first kappa shape index (κ1) is 17.6. The molecule has 1 aromatic heterocycles. The van der Waals surface area contributed by atoms with Crippen LogP contribution >= 0.6 is 27.7 Å². The summed E-state index contributed by atoms with van der Waals surface area (Å²) in [6.45, 7) is 5.05. The number of hydrogen-bond donors (Lipinski definition) is 0. The van der Waals surface area contributed by atoms with E-state index >= 15 is 0 Å². The molecule has 3 nitrogen and oxygen atoms in total. The Morgan fingerprint density at radius 3 is 2.83 bits per heavy atom. The minimum absolute atomic E-state index is 0.228. The lowest BCUT2D eigenvalue weighted by Crippen LogP contribution is -2.32. The van der Waals surface area contributed by atoms with Gasteiger partial charge in [0, 0.05) is 34.9 Å². The minimum Gasteiger partial charge on any atom is -0.353 e. The maximum absolute atomic E-state index is 12.8. The molecule has 1 aliphatic heterocycles. The molecule has 1 saturated heterocycles. The van der Waals surface area contributed by atoms with Crippen LogP contribution in [0.25, 0.3) is 0 Å². The number of thioether (sulfide) groups is 1. The summed E-state index contributed by atoms with van der Waals surface area (Å²) in [5, 5.41) is 0. The second kappa shape index (κ2) is 7.36. The van der Waals surface area contributed by atoms with Crippen molar-refractivity contribution in [3.63, 3.8) is 0 Å². The van der Waals surface area contributed by atoms with Gasteiger partial charge in [-0.25, -0.2) is 0 Å². The number of carbonyl (C=O) groups excluding carboxylic acids is 1. The molecule has 1 atom stereocenters. The molecule has 1 aromatic carbocycles. The van der Waals surface area contributed by atoms with Crippen molar-refractivity contribution < 1.29 is 4.79 Å². The first-order valence-corrected chi connectivity index (χ1v) is 10.1. The maximum atomic E-state index is 12.8. The van der Waals surface area contributed by atoms with Crippen molar-refractivity contribution in [2.45, 2.75) is 37.6 Å². The number of likely N-dealkylation sites (tertiary alicyclic amines) is 1. The first-order chi connectivity index (χ1) is 11.5. The number of aromatic nitrogens is 1. The van der Waals surface area contributed by atoms with E-state index in [1.165, 1.54) is 21.7 Å². The smallest absolute Gasteiger partial charge is 0.233 e. The Morgan fingerprint density at radius 2 is 2.12 bits per heavy atom. The Bertz CT molecular complexity index is 756. The van der Waals surface area contributed by atoms with Gasteiger partial charge in [0.2, 0.25) is 5.91 Å². The molecule has 24 heavy (non-hydrogen) atoms. The van der Waals surface area contributed by atoms with Crippen molar-refractivity contribution >= 4 is 33.6 Å². The fourth-order valence-corrected chi connectivity index (χ4v) is 4.77. The summed E-state index contributed by atoms with van der Waals surface area (Å²) in [6.07, 6.45) is 4.20. The van der Waals surface area contributed by atoms with Crippen molar-refractivity contribution in [1.29, 1.82) is 0 Å². The Hall–Kier alpha value is -1.20. The molecule has 5 heteroatoms. The van der Waals surface area contributed by atoms with Crippen molar-refractivity contribution in [3.05, 3.63) is 51.8 Å². The maximum Gasteiger partial charge on any atom is 0.233 e. The lowest BCUT2D eigenvalue weighted by molar-refractivity contribution is -0.129. The van der Waals surface area contributed by atoms with Gasteiger partial charge in [0.1, 0.15) is 0 Å². The van der Waals surface area contributed by atoms with Crippen molar-refractivity contribution in [2.75, 3.05) is 12.3 Å². The summed E-state index contributed by atoms with van der Waals surface area (Å²) in [6, 6.07) is 8.71. The molecule has 0 spiro atoms. The van der Waals surface area contributed by atoms with Gasteiger partial charge in [-0.1, -0.05) is 15.9 Å². The van der Waals surface area contributed by atoms with Gasteiger partial charge in [0.05, 0.1) is 11.8 Å². The molecule has 2 heterocycles. The number of aryl methyl sites for hydroxylation is 3. The highest BCUT2D eigenvalue weighted by molar-refractivity contribution is 9.10. The lowest BCUT2D eigenvalue weighted by atomic mass is 10.1. The molecule has 0 N–H and O–H groups in total. The van der Waals surface area contributed by atoms with Gasteiger partial charge in [0.15, 0.2) is 0 Å². The van der Waals surface area contributed by atoms with Crippen molar-refractivity contribution in [2.24, 2.45) is 7.05 Å². The molecule has 1 fully saturated rings. The Balaban J connectivity index is 1.69. The predicted molar refractivity (Wildman–Crippen MR) is 103 cm³/mol. The van der Waals surface area contributed by atoms with Crippen LogP contribution in [0.4, 0.5) is 0 Å². The van der Waals surface area contributed by atoms with Crippen LogP contribution in [0.15, 0.2) is 39.8 Å². The molecule has 3 rings (SSSR count). The van der Waals surface area contributed by atoms with Crippen molar-refractivity contribution in [1.82, 2.24) is 9.47 Å². The molecule has 1 aliphatic rings. The number of carbonyl (C=O) groups is 1. The van der Waals surface area contributed by atoms with E-state index in [-0.39, 0.29) is 11.9 Å². The zero-order valence-corrected chi connectivity index (χ0v) is 16.8. The zero-order chi connectivity index (χ0) is 17.3. The monoisotopic (exact) mass is 406 g/mol. The lowest BCUT2D eigenvalue weighted by Gasteiger charge is -2.25. The summed E-state index contributed by atoms with van der Waals surface area (Å²) in [5.74, 6) is 0.742. The number of benzene rings is 1. The third kappa shape index (κ3) is 3.57. The van der Waals surface area contributed by atoms with Gasteiger partial charge in [0.25, 0.3) is 0 Å². The first-order valence-electron chi connectivity index (χ1n) is 8.27. The molecule has 2 aromatic rings. The number of nitrogens with zero attached hydrogens (tertiary/aromatic N) is 2. The van der Waals surface area contributed by atoms with Crippen LogP contribution in [0.1, 0.15) is 35.7 Å². The molecule has 1 unspecified atom stereocenters. The topological polar surface area (TPSA) is 25.2 Å². The summed E-state index contributed by atoms with van der Waals surface area (Å²) in [7, 11) is 2.05. The van der Waals surface area contributed by atoms with E-state index in [0.29, 0.717) is 5.75 Å². The molecule has 0 aliphatic carbocycles. The average Bonchev–Trinajstić information content (AvgIpc) is 3.17. The minimum atomic E-state index is 0.228. The standard InChI is InChI=1S/C19H23BrN2OS/c1-13-11-18(14(2)10-15(13)20)24-12-19(23)22-9-5-7-17(22)16-6-4-8-21(16)3/h4,6,8,10-11,17H,5,7,9,12H2,1-3H3. The molecule has 0 radical (unpaired) electrons. The van der Waals surface area contributed by atoms with E-state index in [1.54, 1.807) is 11.8 Å². The van der Waals surface area contributed by atoms with Crippen molar-refractivity contribution in [3.8, 4) is 0 Å². The van der Waals surface area contributed by atoms with E-state index in [9.17, 15) is 4.79 Å². The van der Waals surface area contributed by atoms with Crippen LogP contribution in [0.3, 0.4) is 0 Å². The third-order valence-corrected chi connectivity index (χ3v) is 6.70. The summed E-state index contributed by atoms with van der Waals surface area (Å²) in [5.41, 5.74) is 3.66. The van der Waals surface area contributed by atoms with Crippen LogP contribution in [-0.4, -0.2) is 27.7 Å². The molecule has 0 bridgehead atoms. The third-order valence-electron chi connectivity index (χ3n) is 4.71. The van der Waals surface area contributed by atoms with Crippen LogP contribution in [0.5, 0.6) is 0 Å².